The molecule has 3 amide bonds. The molecule has 3 N–H and O–H groups in total. The van der Waals surface area contributed by atoms with Gasteiger partial charge in [-0.3, -0.25) is 14.7 Å². The summed E-state index contributed by atoms with van der Waals surface area (Å²) < 4.78 is 1.96. The third-order valence-electron chi connectivity index (χ3n) is 4.91. The van der Waals surface area contributed by atoms with Crippen molar-refractivity contribution in [2.24, 2.45) is 11.7 Å². The van der Waals surface area contributed by atoms with Gasteiger partial charge in [-0.05, 0) is 43.7 Å². The highest BCUT2D eigenvalue weighted by atomic mass is 32.2. The number of carbonyl (C=O) groups excluding carboxylic acids is 2. The van der Waals surface area contributed by atoms with Gasteiger partial charge < -0.3 is 5.73 Å². The van der Waals surface area contributed by atoms with Crippen LogP contribution in [0.1, 0.15) is 37.1 Å². The first-order valence-corrected chi connectivity index (χ1v) is 11.1. The summed E-state index contributed by atoms with van der Waals surface area (Å²) in [5, 5.41) is 10.9. The van der Waals surface area contributed by atoms with Gasteiger partial charge in [0.1, 0.15) is 0 Å². The highest BCUT2D eigenvalue weighted by Crippen LogP contribution is 2.38. The molecule has 0 saturated carbocycles. The van der Waals surface area contributed by atoms with Gasteiger partial charge >= 0.3 is 6.03 Å². The van der Waals surface area contributed by atoms with E-state index in [1.54, 1.807) is 24.3 Å². The number of amides is 3. The summed E-state index contributed by atoms with van der Waals surface area (Å²) in [6.45, 7) is 8.32. The average molecular weight is 420 g/mol. The van der Waals surface area contributed by atoms with Gasteiger partial charge in [0.25, 0.3) is 0 Å². The van der Waals surface area contributed by atoms with E-state index in [9.17, 15) is 9.59 Å². The van der Waals surface area contributed by atoms with Crippen molar-refractivity contribution < 1.29 is 9.59 Å². The molecule has 2 aromatic heterocycles. The Morgan fingerprint density at radius 3 is 3.00 bits per heavy atom. The van der Waals surface area contributed by atoms with Crippen LogP contribution in [0.4, 0.5) is 4.79 Å². The summed E-state index contributed by atoms with van der Waals surface area (Å²) in [5.41, 5.74) is 6.45. The van der Waals surface area contributed by atoms with E-state index < -0.39 is 17.2 Å². The molecule has 0 radical (unpaired) electrons. The van der Waals surface area contributed by atoms with Crippen LogP contribution in [0.5, 0.6) is 0 Å². The van der Waals surface area contributed by atoms with E-state index in [2.05, 4.69) is 35.1 Å². The molecule has 3 rings (SSSR count). The molecule has 2 heterocycles. The fraction of sp³-hybridized carbons (Fsp3) is 0.474. The van der Waals surface area contributed by atoms with E-state index in [-0.39, 0.29) is 0 Å². The van der Waals surface area contributed by atoms with Crippen LogP contribution in [0.25, 0.3) is 10.7 Å². The lowest BCUT2D eigenvalue weighted by Gasteiger charge is -2.19. The molecular formula is C19H25N5O2S2. The standard InChI is InChI=1S/C19H25N5O2S2/c1-4-8-24-16(15-10-13-9-12(5-2)6-7-14(13)28-15)22-23-19(24)27-11(3)17(25)21-18(20)26/h4,10-12H,1,5-9H2,2-3H3,(H3,20,21,25,26). The molecule has 0 fully saturated rings. The zero-order valence-corrected chi connectivity index (χ0v) is 17.7. The monoisotopic (exact) mass is 419 g/mol. The highest BCUT2D eigenvalue weighted by Gasteiger charge is 2.25. The summed E-state index contributed by atoms with van der Waals surface area (Å²) in [7, 11) is 0. The summed E-state index contributed by atoms with van der Waals surface area (Å²) in [4.78, 5) is 25.4. The Kier molecular flexibility index (Phi) is 6.56. The van der Waals surface area contributed by atoms with Crippen LogP contribution >= 0.6 is 23.1 Å². The van der Waals surface area contributed by atoms with Gasteiger partial charge in [0.2, 0.25) is 5.91 Å². The Morgan fingerprint density at radius 2 is 2.32 bits per heavy atom. The molecule has 2 atom stereocenters. The molecule has 28 heavy (non-hydrogen) atoms. The van der Waals surface area contributed by atoms with Crippen molar-refractivity contribution in [2.45, 2.75) is 56.5 Å². The molecule has 2 aromatic rings. The first-order valence-electron chi connectivity index (χ1n) is 9.35. The maximum Gasteiger partial charge on any atom is 0.318 e. The Bertz CT molecular complexity index is 889. The summed E-state index contributed by atoms with van der Waals surface area (Å²) in [5.74, 6) is 1.10. The average Bonchev–Trinajstić information content (AvgIpc) is 3.24. The number of nitrogens with zero attached hydrogens (tertiary/aromatic N) is 3. The molecule has 0 aromatic carbocycles. The molecule has 0 saturated heterocycles. The number of fused-ring (bicyclic) bond motifs is 1. The molecule has 0 aliphatic heterocycles. The first-order chi connectivity index (χ1) is 13.4. The number of carbonyl (C=O) groups is 2. The van der Waals surface area contributed by atoms with Crippen molar-refractivity contribution >= 4 is 35.0 Å². The maximum atomic E-state index is 12.0. The number of aryl methyl sites for hydroxylation is 1. The van der Waals surface area contributed by atoms with Crippen LogP contribution < -0.4 is 11.1 Å². The lowest BCUT2D eigenvalue weighted by atomic mass is 9.87. The van der Waals surface area contributed by atoms with E-state index in [1.807, 2.05) is 4.57 Å². The quantitative estimate of drug-likeness (QED) is 0.529. The molecule has 150 valence electrons. The van der Waals surface area contributed by atoms with Crippen LogP contribution in [0.3, 0.4) is 0 Å². The fourth-order valence-corrected chi connectivity index (χ4v) is 5.40. The van der Waals surface area contributed by atoms with Crippen molar-refractivity contribution in [3.8, 4) is 10.7 Å². The van der Waals surface area contributed by atoms with Crippen LogP contribution in [0.2, 0.25) is 0 Å². The largest absolute Gasteiger partial charge is 0.351 e. The maximum absolute atomic E-state index is 12.0. The molecule has 0 spiro atoms. The number of primary amides is 1. The third kappa shape index (κ3) is 4.47. The van der Waals surface area contributed by atoms with Gasteiger partial charge in [-0.15, -0.1) is 28.1 Å². The lowest BCUT2D eigenvalue weighted by Crippen LogP contribution is -2.39. The van der Waals surface area contributed by atoms with Crippen molar-refractivity contribution in [2.75, 3.05) is 0 Å². The Labute approximate surface area is 172 Å². The molecule has 9 heteroatoms. The number of hydrogen-bond acceptors (Lipinski definition) is 6. The second-order valence-corrected chi connectivity index (χ2v) is 9.34. The second kappa shape index (κ2) is 8.91. The topological polar surface area (TPSA) is 103 Å². The summed E-state index contributed by atoms with van der Waals surface area (Å²) in [6.07, 6.45) is 6.50. The second-order valence-electron chi connectivity index (χ2n) is 6.90. The van der Waals surface area contributed by atoms with Crippen LogP contribution in [-0.2, 0) is 24.2 Å². The number of imide groups is 1. The first kappa shape index (κ1) is 20.6. The summed E-state index contributed by atoms with van der Waals surface area (Å²) >= 11 is 3.02. The van der Waals surface area contributed by atoms with Gasteiger partial charge in [0.05, 0.1) is 10.1 Å². The zero-order chi connectivity index (χ0) is 20.3. The van der Waals surface area contributed by atoms with Crippen molar-refractivity contribution in [1.29, 1.82) is 0 Å². The number of nitrogens with two attached hydrogens (primary N) is 1. The number of urea groups is 1. The number of allylic oxidation sites excluding steroid dienone is 1. The van der Waals surface area contributed by atoms with Crippen LogP contribution in [0, 0.1) is 5.92 Å². The fourth-order valence-electron chi connectivity index (χ4n) is 3.34. The Hall–Kier alpha value is -2.13. The normalized spacial score (nSPS) is 17.0. The van der Waals surface area contributed by atoms with Crippen LogP contribution in [-0.4, -0.2) is 32.0 Å². The van der Waals surface area contributed by atoms with E-state index in [1.165, 1.54) is 35.0 Å². The van der Waals surface area contributed by atoms with Gasteiger partial charge in [-0.1, -0.05) is 31.2 Å². The molecule has 1 aliphatic rings. The molecule has 2 unspecified atom stereocenters. The third-order valence-corrected chi connectivity index (χ3v) is 7.22. The van der Waals surface area contributed by atoms with E-state index in [4.69, 9.17) is 5.73 Å². The molecule has 1 aliphatic carbocycles. The van der Waals surface area contributed by atoms with E-state index in [0.717, 1.165) is 29.5 Å². The summed E-state index contributed by atoms with van der Waals surface area (Å²) in [6, 6.07) is 1.38. The number of thiophene rings is 1. The smallest absolute Gasteiger partial charge is 0.318 e. The number of aromatic nitrogens is 3. The van der Waals surface area contributed by atoms with Crippen molar-refractivity contribution in [3.05, 3.63) is 29.2 Å². The van der Waals surface area contributed by atoms with Gasteiger partial charge in [-0.25, -0.2) is 4.79 Å². The van der Waals surface area contributed by atoms with E-state index >= 15 is 0 Å². The minimum atomic E-state index is -0.861. The van der Waals surface area contributed by atoms with Crippen molar-refractivity contribution in [1.82, 2.24) is 20.1 Å². The Morgan fingerprint density at radius 1 is 1.54 bits per heavy atom. The van der Waals surface area contributed by atoms with Gasteiger partial charge in [-0.2, -0.15) is 0 Å². The Balaban J connectivity index is 1.85. The number of hydrogen-bond donors (Lipinski definition) is 2. The zero-order valence-electron chi connectivity index (χ0n) is 16.1. The molecule has 7 nitrogen and oxygen atoms in total. The predicted molar refractivity (Wildman–Crippen MR) is 112 cm³/mol. The van der Waals surface area contributed by atoms with Gasteiger partial charge in [0, 0.05) is 11.4 Å². The van der Waals surface area contributed by atoms with E-state index in [0.29, 0.717) is 11.7 Å². The molecule has 0 bridgehead atoms. The van der Waals surface area contributed by atoms with Crippen molar-refractivity contribution in [3.63, 3.8) is 0 Å². The number of rotatable bonds is 7. The van der Waals surface area contributed by atoms with Gasteiger partial charge in [0.15, 0.2) is 11.0 Å². The SMILES string of the molecule is C=CCn1c(SC(C)C(=O)NC(N)=O)nnc1-c1cc2c(s1)CCC(CC)C2. The lowest BCUT2D eigenvalue weighted by molar-refractivity contribution is -0.119. The predicted octanol–water partition coefficient (Wildman–Crippen LogP) is 3.38. The van der Waals surface area contributed by atoms with Crippen LogP contribution in [0.15, 0.2) is 23.9 Å². The molecular weight excluding hydrogens is 394 g/mol. The minimum absolute atomic E-state index is 0.454. The number of thioether (sulfide) groups is 1. The highest BCUT2D eigenvalue weighted by molar-refractivity contribution is 8.00. The minimum Gasteiger partial charge on any atom is -0.351 e. The number of nitrogens with one attached hydrogen (secondary N) is 1.